The van der Waals surface area contributed by atoms with Crippen LogP contribution in [0.4, 0.5) is 17.3 Å². The predicted molar refractivity (Wildman–Crippen MR) is 117 cm³/mol. The molecule has 7 nitrogen and oxygen atoms in total. The number of ether oxygens (including phenoxy) is 1. The van der Waals surface area contributed by atoms with Crippen LogP contribution < -0.4 is 10.6 Å². The summed E-state index contributed by atoms with van der Waals surface area (Å²) >= 11 is 0. The summed E-state index contributed by atoms with van der Waals surface area (Å²) in [5.41, 5.74) is 4.52. The molecule has 0 aliphatic rings. The molecule has 0 saturated carbocycles. The first-order valence-corrected chi connectivity index (χ1v) is 9.30. The van der Waals surface area contributed by atoms with E-state index < -0.39 is 5.97 Å². The van der Waals surface area contributed by atoms with Crippen molar-refractivity contribution < 1.29 is 14.3 Å². The van der Waals surface area contributed by atoms with Crippen LogP contribution >= 0.6 is 0 Å². The second-order valence-electron chi connectivity index (χ2n) is 6.61. The van der Waals surface area contributed by atoms with Gasteiger partial charge in [-0.2, -0.15) is 0 Å². The van der Waals surface area contributed by atoms with Gasteiger partial charge in [-0.1, -0.05) is 12.1 Å². The van der Waals surface area contributed by atoms with Gasteiger partial charge in [0.05, 0.1) is 12.7 Å². The molecule has 0 bridgehead atoms. The van der Waals surface area contributed by atoms with Crippen LogP contribution in [0.3, 0.4) is 0 Å². The first-order valence-electron chi connectivity index (χ1n) is 9.30. The second-order valence-corrected chi connectivity index (χ2v) is 6.61. The number of carbonyl (C=O) groups excluding carboxylic acids is 2. The minimum Gasteiger partial charge on any atom is -0.465 e. The van der Waals surface area contributed by atoms with Crippen LogP contribution in [0.25, 0.3) is 6.08 Å². The average Bonchev–Trinajstić information content (AvgIpc) is 2.73. The van der Waals surface area contributed by atoms with Crippen molar-refractivity contribution in [2.24, 2.45) is 0 Å². The van der Waals surface area contributed by atoms with Crippen LogP contribution in [0, 0.1) is 13.8 Å². The Balaban J connectivity index is 1.57. The average molecular weight is 402 g/mol. The molecule has 3 rings (SSSR count). The van der Waals surface area contributed by atoms with Crippen LogP contribution in [0.2, 0.25) is 0 Å². The largest absolute Gasteiger partial charge is 0.465 e. The van der Waals surface area contributed by atoms with Gasteiger partial charge < -0.3 is 15.4 Å². The summed E-state index contributed by atoms with van der Waals surface area (Å²) in [6, 6.07) is 16.0. The third kappa shape index (κ3) is 5.75. The zero-order valence-electron chi connectivity index (χ0n) is 17.0. The number of nitrogens with one attached hydrogen (secondary N) is 2. The summed E-state index contributed by atoms with van der Waals surface area (Å²) in [5, 5.41) is 5.95. The molecule has 0 unspecified atom stereocenters. The van der Waals surface area contributed by atoms with E-state index in [0.717, 1.165) is 22.6 Å². The van der Waals surface area contributed by atoms with Crippen molar-refractivity contribution in [1.29, 1.82) is 0 Å². The van der Waals surface area contributed by atoms with Crippen molar-refractivity contribution in [1.82, 2.24) is 9.97 Å². The predicted octanol–water partition coefficient (Wildman–Crippen LogP) is 4.28. The molecule has 2 aromatic carbocycles. The lowest BCUT2D eigenvalue weighted by Crippen LogP contribution is -2.07. The van der Waals surface area contributed by atoms with E-state index in [1.54, 1.807) is 42.5 Å². The quantitative estimate of drug-likeness (QED) is 0.472. The third-order valence-corrected chi connectivity index (χ3v) is 4.15. The van der Waals surface area contributed by atoms with Crippen LogP contribution in [0.1, 0.15) is 27.3 Å². The van der Waals surface area contributed by atoms with Crippen molar-refractivity contribution in [3.8, 4) is 0 Å². The maximum absolute atomic E-state index is 12.2. The fourth-order valence-electron chi connectivity index (χ4n) is 2.75. The lowest BCUT2D eigenvalue weighted by atomic mass is 10.1. The summed E-state index contributed by atoms with van der Waals surface area (Å²) in [5.74, 6) is -0.124. The van der Waals surface area contributed by atoms with Gasteiger partial charge >= 0.3 is 5.97 Å². The van der Waals surface area contributed by atoms with Gasteiger partial charge in [-0.15, -0.1) is 0 Å². The van der Waals surface area contributed by atoms with Gasteiger partial charge in [0, 0.05) is 28.8 Å². The molecule has 152 valence electrons. The molecule has 0 atom stereocenters. The fourth-order valence-corrected chi connectivity index (χ4v) is 2.75. The number of methoxy groups -OCH3 is 1. The van der Waals surface area contributed by atoms with E-state index in [9.17, 15) is 9.59 Å². The highest BCUT2D eigenvalue weighted by Crippen LogP contribution is 2.17. The first kappa shape index (κ1) is 20.7. The molecule has 3 aromatic rings. The van der Waals surface area contributed by atoms with E-state index in [1.165, 1.54) is 13.2 Å². The molecule has 1 heterocycles. The van der Waals surface area contributed by atoms with E-state index in [4.69, 9.17) is 0 Å². The normalized spacial score (nSPS) is 10.6. The Bertz CT molecular complexity index is 1050. The third-order valence-electron chi connectivity index (χ3n) is 4.15. The molecule has 0 radical (unpaired) electrons. The number of hydrogen-bond acceptors (Lipinski definition) is 6. The molecule has 2 N–H and O–H groups in total. The molecule has 30 heavy (non-hydrogen) atoms. The smallest absolute Gasteiger partial charge is 0.337 e. The molecule has 0 fully saturated rings. The Morgan fingerprint density at radius 3 is 2.10 bits per heavy atom. The summed E-state index contributed by atoms with van der Waals surface area (Å²) in [6.07, 6.45) is 3.10. The van der Waals surface area contributed by atoms with E-state index >= 15 is 0 Å². The maximum atomic E-state index is 12.2. The van der Waals surface area contributed by atoms with E-state index in [0.29, 0.717) is 17.2 Å². The Hall–Kier alpha value is -4.00. The fraction of sp³-hybridized carbons (Fsp3) is 0.130. The van der Waals surface area contributed by atoms with Crippen LogP contribution in [0.5, 0.6) is 0 Å². The van der Waals surface area contributed by atoms with Gasteiger partial charge in [0.15, 0.2) is 0 Å². The first-order chi connectivity index (χ1) is 14.4. The van der Waals surface area contributed by atoms with Crippen molar-refractivity contribution >= 4 is 35.3 Å². The molecule has 1 amide bonds. The zero-order chi connectivity index (χ0) is 21.5. The second kappa shape index (κ2) is 9.47. The van der Waals surface area contributed by atoms with E-state index in [2.05, 4.69) is 25.3 Å². The SMILES string of the molecule is COC(=O)c1ccc(/C=C/C(=O)Nc2ccc(Nc3nc(C)cc(C)n3)cc2)cc1. The van der Waals surface area contributed by atoms with Crippen molar-refractivity contribution in [2.45, 2.75) is 13.8 Å². The number of amides is 1. The molecule has 7 heteroatoms. The number of anilines is 3. The molecule has 1 aromatic heterocycles. The van der Waals surface area contributed by atoms with Gasteiger partial charge in [-0.25, -0.2) is 14.8 Å². The standard InChI is InChI=1S/C23H22N4O3/c1-15-14-16(2)25-23(24-15)27-20-11-9-19(10-12-20)26-21(28)13-6-17-4-7-18(8-5-17)22(29)30-3/h4-14H,1-3H3,(H,26,28)(H,24,25,27)/b13-6+. The summed E-state index contributed by atoms with van der Waals surface area (Å²) in [6.45, 7) is 3.83. The number of aryl methyl sites for hydroxylation is 2. The lowest BCUT2D eigenvalue weighted by Gasteiger charge is -2.08. The van der Waals surface area contributed by atoms with Gasteiger partial charge in [0.25, 0.3) is 0 Å². The molecule has 0 aliphatic heterocycles. The van der Waals surface area contributed by atoms with Crippen LogP contribution in [-0.4, -0.2) is 29.0 Å². The summed E-state index contributed by atoms with van der Waals surface area (Å²) in [4.78, 5) is 32.3. The molecular weight excluding hydrogens is 380 g/mol. The monoisotopic (exact) mass is 402 g/mol. The van der Waals surface area contributed by atoms with Crippen molar-refractivity contribution in [3.63, 3.8) is 0 Å². The lowest BCUT2D eigenvalue weighted by molar-refractivity contribution is -0.111. The molecule has 0 spiro atoms. The Morgan fingerprint density at radius 1 is 0.900 bits per heavy atom. The maximum Gasteiger partial charge on any atom is 0.337 e. The van der Waals surface area contributed by atoms with Crippen molar-refractivity contribution in [2.75, 3.05) is 17.7 Å². The van der Waals surface area contributed by atoms with Crippen LogP contribution in [0.15, 0.2) is 60.7 Å². The Morgan fingerprint density at radius 2 is 1.50 bits per heavy atom. The molecular formula is C23H22N4O3. The number of hydrogen-bond donors (Lipinski definition) is 2. The number of nitrogens with zero attached hydrogens (tertiary/aromatic N) is 2. The highest BCUT2D eigenvalue weighted by molar-refractivity contribution is 6.02. The highest BCUT2D eigenvalue weighted by Gasteiger charge is 2.04. The number of esters is 1. The minimum absolute atomic E-state index is 0.259. The zero-order valence-corrected chi connectivity index (χ0v) is 17.0. The van der Waals surface area contributed by atoms with Gasteiger partial charge in [0.2, 0.25) is 11.9 Å². The van der Waals surface area contributed by atoms with Gasteiger partial charge in [-0.05, 0) is 68.0 Å². The molecule has 0 aliphatic carbocycles. The van der Waals surface area contributed by atoms with Crippen molar-refractivity contribution in [3.05, 3.63) is 83.2 Å². The molecule has 0 saturated heterocycles. The van der Waals surface area contributed by atoms with Gasteiger partial charge in [0.1, 0.15) is 0 Å². The number of benzene rings is 2. The van der Waals surface area contributed by atoms with E-state index in [-0.39, 0.29) is 5.91 Å². The van der Waals surface area contributed by atoms with Crippen LogP contribution in [-0.2, 0) is 9.53 Å². The summed E-state index contributed by atoms with van der Waals surface area (Å²) in [7, 11) is 1.33. The topological polar surface area (TPSA) is 93.2 Å². The number of carbonyl (C=O) groups is 2. The Labute approximate surface area is 174 Å². The Kier molecular flexibility index (Phi) is 6.54. The number of rotatable bonds is 6. The minimum atomic E-state index is -0.398. The number of aromatic nitrogens is 2. The highest BCUT2D eigenvalue weighted by atomic mass is 16.5. The van der Waals surface area contributed by atoms with E-state index in [1.807, 2.05) is 32.0 Å². The summed E-state index contributed by atoms with van der Waals surface area (Å²) < 4.78 is 4.66. The van der Waals surface area contributed by atoms with Gasteiger partial charge in [-0.3, -0.25) is 4.79 Å².